The molecule has 0 aliphatic heterocycles. The Balaban J connectivity index is 5.45. The molecule has 4 unspecified atom stereocenters. The largest absolute Gasteiger partial charge is 0.481 e. The lowest BCUT2D eigenvalue weighted by Crippen LogP contribution is -2.57. The lowest BCUT2D eigenvalue weighted by molar-refractivity contribution is -0.147. The van der Waals surface area contributed by atoms with Crippen LogP contribution < -0.4 is 38.9 Å². The van der Waals surface area contributed by atoms with Crippen LogP contribution in [-0.4, -0.2) is 83.1 Å². The Bertz CT molecular complexity index is 802. The van der Waals surface area contributed by atoms with Gasteiger partial charge in [0.05, 0.1) is 12.5 Å². The molecular weight excluding hydrogens is 488 g/mol. The Morgan fingerprint density at radius 2 is 1.38 bits per heavy atom. The molecule has 0 aromatic carbocycles. The first kappa shape index (κ1) is 33.5. The van der Waals surface area contributed by atoms with Crippen molar-refractivity contribution in [3.8, 4) is 0 Å². The van der Waals surface area contributed by atoms with Crippen molar-refractivity contribution in [1.82, 2.24) is 16.0 Å². The van der Waals surface area contributed by atoms with Gasteiger partial charge in [-0.05, 0) is 51.0 Å². The number of hydrogen-bond acceptors (Lipinski definition) is 8. The average molecular weight is 531 g/mol. The minimum Gasteiger partial charge on any atom is -0.481 e. The van der Waals surface area contributed by atoms with Gasteiger partial charge in [0.25, 0.3) is 0 Å². The smallest absolute Gasteiger partial charge is 0.326 e. The number of carbonyl (C=O) groups excluding carboxylic acids is 3. The molecule has 13 N–H and O–H groups in total. The highest BCUT2D eigenvalue weighted by Gasteiger charge is 2.31. The van der Waals surface area contributed by atoms with E-state index in [1.165, 1.54) is 0 Å². The molecule has 0 saturated carbocycles. The monoisotopic (exact) mass is 530 g/mol. The van der Waals surface area contributed by atoms with Crippen molar-refractivity contribution in [2.45, 2.75) is 83.0 Å². The summed E-state index contributed by atoms with van der Waals surface area (Å²) in [6.45, 7) is 4.32. The van der Waals surface area contributed by atoms with Crippen molar-refractivity contribution in [1.29, 1.82) is 0 Å². The maximum Gasteiger partial charge on any atom is 0.326 e. The third kappa shape index (κ3) is 15.3. The van der Waals surface area contributed by atoms with Gasteiger partial charge in [0.2, 0.25) is 17.7 Å². The van der Waals surface area contributed by atoms with E-state index in [1.807, 2.05) is 13.8 Å². The Labute approximate surface area is 216 Å². The molecule has 0 saturated heterocycles. The molecule has 212 valence electrons. The fourth-order valence-electron chi connectivity index (χ4n) is 3.31. The summed E-state index contributed by atoms with van der Waals surface area (Å²) in [5.74, 6) is -5.10. The second-order valence-electron chi connectivity index (χ2n) is 9.09. The average Bonchev–Trinajstić information content (AvgIpc) is 2.79. The van der Waals surface area contributed by atoms with Gasteiger partial charge < -0.3 is 49.1 Å². The summed E-state index contributed by atoms with van der Waals surface area (Å²) in [7, 11) is 0. The lowest BCUT2D eigenvalue weighted by atomic mass is 10.0. The van der Waals surface area contributed by atoms with E-state index in [0.717, 1.165) is 0 Å². The Hall–Kier alpha value is -3.46. The fourth-order valence-corrected chi connectivity index (χ4v) is 3.31. The standard InChI is InChI=1S/C22H42N8O7/c1-12(2)10-15(29-18(33)13(24)6-5-9-27-22(25)26)20(35)28-14(7-3-4-8-23)19(34)30-16(21(36)37)11-17(31)32/h12-16H,3-11,23-24H2,1-2H3,(H,28,35)(H,29,33)(H,30,34)(H,31,32)(H,36,37)(H4,25,26,27). The predicted molar refractivity (Wildman–Crippen MR) is 136 cm³/mol. The van der Waals surface area contributed by atoms with Gasteiger partial charge in [0.15, 0.2) is 5.96 Å². The van der Waals surface area contributed by atoms with Gasteiger partial charge in [-0.2, -0.15) is 0 Å². The van der Waals surface area contributed by atoms with Gasteiger partial charge in [-0.15, -0.1) is 0 Å². The normalized spacial score (nSPS) is 14.1. The van der Waals surface area contributed by atoms with Crippen LogP contribution in [0.5, 0.6) is 0 Å². The van der Waals surface area contributed by atoms with Crippen LogP contribution in [-0.2, 0) is 24.0 Å². The second kappa shape index (κ2) is 17.9. The van der Waals surface area contributed by atoms with E-state index in [2.05, 4.69) is 20.9 Å². The molecule has 0 aliphatic rings. The fraction of sp³-hybridized carbons (Fsp3) is 0.727. The molecule has 0 heterocycles. The minimum atomic E-state index is -1.68. The first-order valence-corrected chi connectivity index (χ1v) is 12.1. The first-order chi connectivity index (χ1) is 17.3. The van der Waals surface area contributed by atoms with Crippen LogP contribution in [0.3, 0.4) is 0 Å². The van der Waals surface area contributed by atoms with E-state index in [-0.39, 0.29) is 37.7 Å². The molecule has 0 fully saturated rings. The van der Waals surface area contributed by atoms with Crippen LogP contribution in [0.1, 0.15) is 58.8 Å². The number of carboxylic acids is 2. The number of aliphatic carboxylic acids is 2. The van der Waals surface area contributed by atoms with Crippen LogP contribution in [0.15, 0.2) is 4.99 Å². The Morgan fingerprint density at radius 1 is 0.811 bits per heavy atom. The molecule has 0 aromatic rings. The summed E-state index contributed by atoms with van der Waals surface area (Å²) < 4.78 is 0. The number of nitrogens with one attached hydrogen (secondary N) is 3. The molecule has 0 spiro atoms. The predicted octanol–water partition coefficient (Wildman–Crippen LogP) is -2.44. The zero-order chi connectivity index (χ0) is 28.5. The van der Waals surface area contributed by atoms with E-state index < -0.39 is 60.2 Å². The summed E-state index contributed by atoms with van der Waals surface area (Å²) in [5, 5.41) is 25.5. The minimum absolute atomic E-state index is 0.00869. The highest BCUT2D eigenvalue weighted by molar-refractivity contribution is 5.94. The van der Waals surface area contributed by atoms with Crippen molar-refractivity contribution in [3.05, 3.63) is 0 Å². The third-order valence-electron chi connectivity index (χ3n) is 5.22. The van der Waals surface area contributed by atoms with Crippen LogP contribution in [0.25, 0.3) is 0 Å². The summed E-state index contributed by atoms with van der Waals surface area (Å²) in [6.07, 6.45) is 1.22. The maximum atomic E-state index is 13.1. The number of unbranched alkanes of at least 4 members (excludes halogenated alkanes) is 1. The summed E-state index contributed by atoms with van der Waals surface area (Å²) in [4.78, 5) is 64.6. The molecule has 0 aromatic heterocycles. The molecule has 0 radical (unpaired) electrons. The van der Waals surface area contributed by atoms with Gasteiger partial charge in [0, 0.05) is 6.54 Å². The third-order valence-corrected chi connectivity index (χ3v) is 5.22. The summed E-state index contributed by atoms with van der Waals surface area (Å²) in [5.41, 5.74) is 22.0. The van der Waals surface area contributed by atoms with Gasteiger partial charge in [-0.25, -0.2) is 4.79 Å². The molecule has 0 bridgehead atoms. The van der Waals surface area contributed by atoms with Crippen molar-refractivity contribution in [3.63, 3.8) is 0 Å². The van der Waals surface area contributed by atoms with Crippen molar-refractivity contribution >= 4 is 35.6 Å². The Kier molecular flexibility index (Phi) is 16.2. The highest BCUT2D eigenvalue weighted by atomic mass is 16.4. The van der Waals surface area contributed by atoms with E-state index in [1.54, 1.807) is 0 Å². The van der Waals surface area contributed by atoms with Gasteiger partial charge in [-0.1, -0.05) is 13.8 Å². The van der Waals surface area contributed by atoms with Crippen LogP contribution >= 0.6 is 0 Å². The molecule has 4 atom stereocenters. The van der Waals surface area contributed by atoms with Crippen molar-refractivity contribution < 1.29 is 34.2 Å². The number of nitrogens with zero attached hydrogens (tertiary/aromatic N) is 1. The second-order valence-corrected chi connectivity index (χ2v) is 9.09. The maximum absolute atomic E-state index is 13.1. The number of aliphatic imine (C=N–C) groups is 1. The summed E-state index contributed by atoms with van der Waals surface area (Å²) >= 11 is 0. The van der Waals surface area contributed by atoms with E-state index in [4.69, 9.17) is 28.0 Å². The van der Waals surface area contributed by atoms with E-state index in [9.17, 15) is 29.1 Å². The van der Waals surface area contributed by atoms with Gasteiger partial charge in [-0.3, -0.25) is 24.2 Å². The van der Waals surface area contributed by atoms with Crippen LogP contribution in [0.4, 0.5) is 0 Å². The molecular formula is C22H42N8O7. The van der Waals surface area contributed by atoms with E-state index >= 15 is 0 Å². The molecule has 0 aliphatic carbocycles. The van der Waals surface area contributed by atoms with Gasteiger partial charge in [0.1, 0.15) is 18.1 Å². The SMILES string of the molecule is CC(C)CC(NC(=O)C(N)CCCN=C(N)N)C(=O)NC(CCCCN)C(=O)NC(CC(=O)O)C(=O)O. The molecule has 0 rings (SSSR count). The Morgan fingerprint density at radius 3 is 1.89 bits per heavy atom. The van der Waals surface area contributed by atoms with Gasteiger partial charge >= 0.3 is 11.9 Å². The number of guanidine groups is 1. The number of carboxylic acid groups (broad SMARTS) is 2. The summed E-state index contributed by atoms with van der Waals surface area (Å²) in [6, 6.07) is -4.79. The van der Waals surface area contributed by atoms with Crippen molar-refractivity contribution in [2.24, 2.45) is 33.8 Å². The molecule has 15 nitrogen and oxygen atoms in total. The highest BCUT2D eigenvalue weighted by Crippen LogP contribution is 2.09. The molecule has 3 amide bonds. The first-order valence-electron chi connectivity index (χ1n) is 12.1. The number of nitrogens with two attached hydrogens (primary N) is 4. The van der Waals surface area contributed by atoms with E-state index in [0.29, 0.717) is 25.8 Å². The molecule has 15 heteroatoms. The van der Waals surface area contributed by atoms with Crippen LogP contribution in [0, 0.1) is 5.92 Å². The zero-order valence-electron chi connectivity index (χ0n) is 21.4. The molecule has 37 heavy (non-hydrogen) atoms. The number of rotatable bonds is 19. The number of amides is 3. The zero-order valence-corrected chi connectivity index (χ0v) is 21.4. The van der Waals surface area contributed by atoms with Crippen molar-refractivity contribution in [2.75, 3.05) is 13.1 Å². The lowest BCUT2D eigenvalue weighted by Gasteiger charge is -2.26. The number of carbonyl (C=O) groups is 5. The topological polar surface area (TPSA) is 278 Å². The quantitative estimate of drug-likeness (QED) is 0.0480. The van der Waals surface area contributed by atoms with Crippen LogP contribution in [0.2, 0.25) is 0 Å². The number of hydrogen-bond donors (Lipinski definition) is 9.